The minimum absolute atomic E-state index is 0.184. The van der Waals surface area contributed by atoms with Gasteiger partial charge in [-0.05, 0) is 28.7 Å². The van der Waals surface area contributed by atoms with Crippen LogP contribution in [0.2, 0.25) is 5.28 Å². The number of hydrogen-bond donors (Lipinski definition) is 0. The number of halogens is 1. The summed E-state index contributed by atoms with van der Waals surface area (Å²) in [4.78, 5) is 4.11. The molecule has 0 amide bonds. The van der Waals surface area contributed by atoms with Gasteiger partial charge in [0.25, 0.3) is 0 Å². The third-order valence-corrected chi connectivity index (χ3v) is 3.01. The maximum Gasteiger partial charge on any atom is 0.234 e. The fourth-order valence-corrected chi connectivity index (χ4v) is 2.24. The van der Waals surface area contributed by atoms with Gasteiger partial charge in [-0.3, -0.25) is 0 Å². The Bertz CT molecular complexity index is 432. The van der Waals surface area contributed by atoms with Crippen molar-refractivity contribution in [2.45, 2.75) is 6.10 Å². The lowest BCUT2D eigenvalue weighted by molar-refractivity contribution is 0.136. The summed E-state index contributed by atoms with van der Waals surface area (Å²) < 4.78 is 9.31. The van der Waals surface area contributed by atoms with Gasteiger partial charge >= 0.3 is 0 Å². The Labute approximate surface area is 96.9 Å². The van der Waals surface area contributed by atoms with Gasteiger partial charge in [0.1, 0.15) is 11.1 Å². The summed E-state index contributed by atoms with van der Waals surface area (Å²) in [5.41, 5.74) is 1.05. The van der Waals surface area contributed by atoms with Crippen LogP contribution in [-0.4, -0.2) is 16.5 Å². The Kier molecular flexibility index (Phi) is 3.30. The van der Waals surface area contributed by atoms with E-state index < -0.39 is 0 Å². The van der Waals surface area contributed by atoms with E-state index >= 15 is 0 Å². The summed E-state index contributed by atoms with van der Waals surface area (Å²) in [5.74, 6) is 0. The van der Waals surface area contributed by atoms with Crippen molar-refractivity contribution in [3.05, 3.63) is 46.2 Å². The van der Waals surface area contributed by atoms with Crippen LogP contribution < -0.4 is 0 Å². The number of hydrogen-bond acceptors (Lipinski definition) is 4. The highest BCUT2D eigenvalue weighted by atomic mass is 35.5. The number of methoxy groups -OCH3 is 1. The van der Waals surface area contributed by atoms with Crippen molar-refractivity contribution < 1.29 is 4.74 Å². The maximum absolute atomic E-state index is 5.68. The first-order valence-corrected chi connectivity index (χ1v) is 5.53. The molecule has 15 heavy (non-hydrogen) atoms. The summed E-state index contributed by atoms with van der Waals surface area (Å²) in [6.07, 6.45) is -0.184. The standard InChI is InChI=1S/C10H9ClN2OS/c1-14-8(7-5-3-2-4-6-7)9-12-10(11)13-15-9/h2-6,8H,1H3. The average molecular weight is 241 g/mol. The average Bonchev–Trinajstić information content (AvgIpc) is 2.68. The van der Waals surface area contributed by atoms with E-state index in [9.17, 15) is 0 Å². The molecule has 3 nitrogen and oxygen atoms in total. The van der Waals surface area contributed by atoms with Gasteiger partial charge in [-0.2, -0.15) is 4.37 Å². The van der Waals surface area contributed by atoms with Crippen molar-refractivity contribution in [2.75, 3.05) is 7.11 Å². The molecule has 1 aromatic heterocycles. The van der Waals surface area contributed by atoms with Crippen LogP contribution in [-0.2, 0) is 4.74 Å². The van der Waals surface area contributed by atoms with E-state index in [1.165, 1.54) is 11.5 Å². The molecule has 0 radical (unpaired) electrons. The highest BCUT2D eigenvalue weighted by Crippen LogP contribution is 2.27. The van der Waals surface area contributed by atoms with Crippen LogP contribution >= 0.6 is 23.1 Å². The van der Waals surface area contributed by atoms with E-state index in [-0.39, 0.29) is 11.4 Å². The third-order valence-electron chi connectivity index (χ3n) is 1.98. The minimum atomic E-state index is -0.184. The molecule has 0 N–H and O–H groups in total. The van der Waals surface area contributed by atoms with Crippen molar-refractivity contribution in [1.82, 2.24) is 9.36 Å². The van der Waals surface area contributed by atoms with Crippen molar-refractivity contribution >= 4 is 23.1 Å². The molecule has 0 fully saturated rings. The summed E-state index contributed by atoms with van der Waals surface area (Å²) in [5, 5.41) is 1.04. The van der Waals surface area contributed by atoms with E-state index in [1.54, 1.807) is 7.11 Å². The van der Waals surface area contributed by atoms with Gasteiger partial charge < -0.3 is 4.74 Å². The zero-order chi connectivity index (χ0) is 10.7. The first-order chi connectivity index (χ1) is 7.31. The van der Waals surface area contributed by atoms with Gasteiger partial charge in [-0.15, -0.1) is 0 Å². The second-order valence-electron chi connectivity index (χ2n) is 2.93. The lowest BCUT2D eigenvalue weighted by Gasteiger charge is -2.11. The topological polar surface area (TPSA) is 35.0 Å². The summed E-state index contributed by atoms with van der Waals surface area (Å²) in [6.45, 7) is 0. The molecule has 1 atom stereocenters. The van der Waals surface area contributed by atoms with Crippen molar-refractivity contribution in [3.63, 3.8) is 0 Å². The smallest absolute Gasteiger partial charge is 0.234 e. The van der Waals surface area contributed by atoms with Crippen LogP contribution in [0.4, 0.5) is 0 Å². The largest absolute Gasteiger partial charge is 0.369 e. The molecular formula is C10H9ClN2OS. The van der Waals surface area contributed by atoms with E-state index in [2.05, 4.69) is 9.36 Å². The molecule has 1 heterocycles. The number of rotatable bonds is 3. The van der Waals surface area contributed by atoms with Crippen LogP contribution in [0.5, 0.6) is 0 Å². The Hall–Kier alpha value is -0.970. The molecular weight excluding hydrogens is 232 g/mol. The van der Waals surface area contributed by atoms with Gasteiger partial charge in [-0.25, -0.2) is 4.98 Å². The molecule has 78 valence electrons. The van der Waals surface area contributed by atoms with E-state index in [4.69, 9.17) is 16.3 Å². The molecule has 0 spiro atoms. The lowest BCUT2D eigenvalue weighted by atomic mass is 10.1. The van der Waals surface area contributed by atoms with Crippen molar-refractivity contribution in [2.24, 2.45) is 0 Å². The van der Waals surface area contributed by atoms with Gasteiger partial charge in [-0.1, -0.05) is 30.3 Å². The molecule has 0 saturated heterocycles. The van der Waals surface area contributed by atoms with E-state index in [0.29, 0.717) is 0 Å². The highest BCUT2D eigenvalue weighted by Gasteiger charge is 2.17. The number of benzene rings is 1. The minimum Gasteiger partial charge on any atom is -0.369 e. The molecule has 5 heteroatoms. The quantitative estimate of drug-likeness (QED) is 0.828. The summed E-state index contributed by atoms with van der Waals surface area (Å²) in [6, 6.07) is 9.87. The molecule has 0 aliphatic heterocycles. The van der Waals surface area contributed by atoms with Gasteiger partial charge in [0.2, 0.25) is 5.28 Å². The Morgan fingerprint density at radius 1 is 1.33 bits per heavy atom. The third kappa shape index (κ3) is 2.34. The molecule has 1 unspecified atom stereocenters. The van der Waals surface area contributed by atoms with Crippen LogP contribution in [0.3, 0.4) is 0 Å². The summed E-state index contributed by atoms with van der Waals surface area (Å²) in [7, 11) is 1.65. The second kappa shape index (κ2) is 4.70. The lowest BCUT2D eigenvalue weighted by Crippen LogP contribution is -2.02. The van der Waals surface area contributed by atoms with Gasteiger partial charge in [0.15, 0.2) is 0 Å². The SMILES string of the molecule is COC(c1ccccc1)c1nc(Cl)ns1. The second-order valence-corrected chi connectivity index (χ2v) is 4.05. The fourth-order valence-electron chi connectivity index (χ4n) is 1.33. The van der Waals surface area contributed by atoms with E-state index in [1.807, 2.05) is 30.3 Å². The predicted molar refractivity (Wildman–Crippen MR) is 60.2 cm³/mol. The highest BCUT2D eigenvalue weighted by molar-refractivity contribution is 7.05. The monoisotopic (exact) mass is 240 g/mol. The molecule has 2 aromatic rings. The molecule has 0 aliphatic rings. The van der Waals surface area contributed by atoms with Crippen LogP contribution in [0.15, 0.2) is 30.3 Å². The van der Waals surface area contributed by atoms with E-state index in [0.717, 1.165) is 10.6 Å². The van der Waals surface area contributed by atoms with Crippen molar-refractivity contribution in [3.8, 4) is 0 Å². The molecule has 0 aliphatic carbocycles. The number of nitrogens with zero attached hydrogens (tertiary/aromatic N) is 2. The van der Waals surface area contributed by atoms with Crippen LogP contribution in [0, 0.1) is 0 Å². The van der Waals surface area contributed by atoms with Gasteiger partial charge in [0.05, 0.1) is 0 Å². The summed E-state index contributed by atoms with van der Waals surface area (Å²) >= 11 is 6.94. The van der Waals surface area contributed by atoms with Crippen LogP contribution in [0.1, 0.15) is 16.7 Å². The molecule has 1 aromatic carbocycles. The zero-order valence-electron chi connectivity index (χ0n) is 8.05. The Morgan fingerprint density at radius 3 is 2.60 bits per heavy atom. The zero-order valence-corrected chi connectivity index (χ0v) is 9.63. The normalized spacial score (nSPS) is 12.7. The number of ether oxygens (including phenoxy) is 1. The fraction of sp³-hybridized carbons (Fsp3) is 0.200. The van der Waals surface area contributed by atoms with Crippen LogP contribution in [0.25, 0.3) is 0 Å². The first-order valence-electron chi connectivity index (χ1n) is 4.38. The molecule has 0 bridgehead atoms. The number of aromatic nitrogens is 2. The Morgan fingerprint density at radius 2 is 2.07 bits per heavy atom. The predicted octanol–water partition coefficient (Wildman–Crippen LogP) is 2.93. The van der Waals surface area contributed by atoms with Crippen molar-refractivity contribution in [1.29, 1.82) is 0 Å². The molecule has 2 rings (SSSR count). The van der Waals surface area contributed by atoms with Gasteiger partial charge in [0, 0.05) is 7.11 Å². The maximum atomic E-state index is 5.68. The first kappa shape index (κ1) is 10.5. The Balaban J connectivity index is 2.33. The molecule has 0 saturated carbocycles.